The minimum absolute atomic E-state index is 0.183. The van der Waals surface area contributed by atoms with Crippen molar-refractivity contribution in [2.75, 3.05) is 19.6 Å². The molecule has 0 spiro atoms. The van der Waals surface area contributed by atoms with Gasteiger partial charge in [0, 0.05) is 19.1 Å². The second-order valence-electron chi connectivity index (χ2n) is 6.28. The zero-order chi connectivity index (χ0) is 11.7. The maximum atomic E-state index is 9.82. The van der Waals surface area contributed by atoms with E-state index in [-0.39, 0.29) is 11.5 Å². The maximum absolute atomic E-state index is 9.82. The molecule has 2 atom stereocenters. The van der Waals surface area contributed by atoms with Crippen molar-refractivity contribution in [3.8, 4) is 0 Å². The number of hydrogen-bond acceptors (Lipinski definition) is 3. The molecule has 90 valence electrons. The second kappa shape index (κ2) is 4.40. The third kappa shape index (κ3) is 4.09. The SMILES string of the molecule is CC1(O)CCN(CCC(N)C(C)(C)C)C1. The molecule has 3 nitrogen and oxygen atoms in total. The van der Waals surface area contributed by atoms with E-state index in [0.29, 0.717) is 0 Å². The van der Waals surface area contributed by atoms with Crippen molar-refractivity contribution >= 4 is 0 Å². The quantitative estimate of drug-likeness (QED) is 0.742. The Morgan fingerprint density at radius 1 is 1.47 bits per heavy atom. The maximum Gasteiger partial charge on any atom is 0.0758 e. The van der Waals surface area contributed by atoms with E-state index in [1.54, 1.807) is 0 Å². The van der Waals surface area contributed by atoms with Crippen molar-refractivity contribution in [3.63, 3.8) is 0 Å². The Bertz CT molecular complexity index is 208. The summed E-state index contributed by atoms with van der Waals surface area (Å²) in [6.45, 7) is 11.3. The molecule has 1 aliphatic rings. The van der Waals surface area contributed by atoms with Gasteiger partial charge in [0.1, 0.15) is 0 Å². The highest BCUT2D eigenvalue weighted by Gasteiger charge is 2.31. The van der Waals surface area contributed by atoms with E-state index in [0.717, 1.165) is 32.5 Å². The Labute approximate surface area is 93.6 Å². The minimum atomic E-state index is -0.480. The molecule has 0 aliphatic carbocycles. The first kappa shape index (κ1) is 12.9. The summed E-state index contributed by atoms with van der Waals surface area (Å²) in [6.07, 6.45) is 1.90. The minimum Gasteiger partial charge on any atom is -0.389 e. The van der Waals surface area contributed by atoms with Gasteiger partial charge >= 0.3 is 0 Å². The topological polar surface area (TPSA) is 49.5 Å². The average molecular weight is 214 g/mol. The molecular formula is C12H26N2O. The fraction of sp³-hybridized carbons (Fsp3) is 1.00. The molecule has 0 radical (unpaired) electrons. The number of rotatable bonds is 3. The van der Waals surface area contributed by atoms with E-state index in [1.807, 2.05) is 6.92 Å². The average Bonchev–Trinajstić information content (AvgIpc) is 2.39. The molecule has 0 amide bonds. The molecule has 1 saturated heterocycles. The van der Waals surface area contributed by atoms with Gasteiger partial charge in [-0.15, -0.1) is 0 Å². The van der Waals surface area contributed by atoms with Crippen molar-refractivity contribution in [1.82, 2.24) is 4.90 Å². The van der Waals surface area contributed by atoms with Crippen molar-refractivity contribution in [3.05, 3.63) is 0 Å². The lowest BCUT2D eigenvalue weighted by molar-refractivity contribution is 0.0679. The van der Waals surface area contributed by atoms with E-state index in [9.17, 15) is 5.11 Å². The smallest absolute Gasteiger partial charge is 0.0758 e. The first-order valence-corrected chi connectivity index (χ1v) is 5.91. The summed E-state index contributed by atoms with van der Waals surface area (Å²) >= 11 is 0. The van der Waals surface area contributed by atoms with E-state index in [2.05, 4.69) is 25.7 Å². The molecule has 1 aliphatic heterocycles. The van der Waals surface area contributed by atoms with Crippen LogP contribution in [0.25, 0.3) is 0 Å². The van der Waals surface area contributed by atoms with Gasteiger partial charge in [0.25, 0.3) is 0 Å². The van der Waals surface area contributed by atoms with Crippen LogP contribution in [-0.4, -0.2) is 41.3 Å². The van der Waals surface area contributed by atoms with Crippen molar-refractivity contribution < 1.29 is 5.11 Å². The van der Waals surface area contributed by atoms with E-state index in [4.69, 9.17) is 5.73 Å². The molecule has 1 rings (SSSR count). The Balaban J connectivity index is 2.27. The summed E-state index contributed by atoms with van der Waals surface area (Å²) in [7, 11) is 0. The Morgan fingerprint density at radius 3 is 2.47 bits per heavy atom. The van der Waals surface area contributed by atoms with Crippen LogP contribution < -0.4 is 5.73 Å². The monoisotopic (exact) mass is 214 g/mol. The summed E-state index contributed by atoms with van der Waals surface area (Å²) in [5.41, 5.74) is 5.81. The molecule has 0 aromatic carbocycles. The van der Waals surface area contributed by atoms with Crippen molar-refractivity contribution in [1.29, 1.82) is 0 Å². The van der Waals surface area contributed by atoms with Crippen LogP contribution in [0.5, 0.6) is 0 Å². The van der Waals surface area contributed by atoms with Gasteiger partial charge in [-0.2, -0.15) is 0 Å². The molecule has 0 aromatic heterocycles. The van der Waals surface area contributed by atoms with Crippen LogP contribution in [0.4, 0.5) is 0 Å². The summed E-state index contributed by atoms with van der Waals surface area (Å²) < 4.78 is 0. The molecule has 3 N–H and O–H groups in total. The van der Waals surface area contributed by atoms with Crippen LogP contribution in [0, 0.1) is 5.41 Å². The van der Waals surface area contributed by atoms with E-state index < -0.39 is 5.60 Å². The van der Waals surface area contributed by atoms with E-state index in [1.165, 1.54) is 0 Å². The third-order valence-electron chi connectivity index (χ3n) is 3.40. The highest BCUT2D eigenvalue weighted by molar-refractivity contribution is 4.87. The normalized spacial score (nSPS) is 30.8. The van der Waals surface area contributed by atoms with Crippen LogP contribution in [0.1, 0.15) is 40.5 Å². The van der Waals surface area contributed by atoms with Gasteiger partial charge < -0.3 is 15.7 Å². The number of likely N-dealkylation sites (tertiary alicyclic amines) is 1. The lowest BCUT2D eigenvalue weighted by Crippen LogP contribution is -2.39. The molecule has 1 fully saturated rings. The summed E-state index contributed by atoms with van der Waals surface area (Å²) in [5, 5.41) is 9.82. The van der Waals surface area contributed by atoms with Gasteiger partial charge in [-0.1, -0.05) is 20.8 Å². The largest absolute Gasteiger partial charge is 0.389 e. The summed E-state index contributed by atoms with van der Waals surface area (Å²) in [5.74, 6) is 0. The number of nitrogens with two attached hydrogens (primary N) is 1. The standard InChI is InChI=1S/C12H26N2O/c1-11(2,3)10(13)5-7-14-8-6-12(4,15)9-14/h10,15H,5-9,13H2,1-4H3. The Kier molecular flexibility index (Phi) is 3.80. The highest BCUT2D eigenvalue weighted by atomic mass is 16.3. The third-order valence-corrected chi connectivity index (χ3v) is 3.40. The zero-order valence-electron chi connectivity index (χ0n) is 10.6. The van der Waals surface area contributed by atoms with Crippen LogP contribution in [0.2, 0.25) is 0 Å². The second-order valence-corrected chi connectivity index (χ2v) is 6.28. The molecule has 0 bridgehead atoms. The van der Waals surface area contributed by atoms with Gasteiger partial charge in [-0.3, -0.25) is 0 Å². The fourth-order valence-corrected chi connectivity index (χ4v) is 1.98. The number of nitrogens with zero attached hydrogens (tertiary/aromatic N) is 1. The van der Waals surface area contributed by atoms with Gasteiger partial charge in [0.2, 0.25) is 0 Å². The van der Waals surface area contributed by atoms with Gasteiger partial charge in [0.15, 0.2) is 0 Å². The molecule has 0 aromatic rings. The molecule has 15 heavy (non-hydrogen) atoms. The summed E-state index contributed by atoms with van der Waals surface area (Å²) in [6, 6.07) is 0.239. The van der Waals surface area contributed by atoms with Gasteiger partial charge in [-0.05, 0) is 31.7 Å². The van der Waals surface area contributed by atoms with Crippen molar-refractivity contribution in [2.45, 2.75) is 52.2 Å². The first-order valence-electron chi connectivity index (χ1n) is 5.91. The molecular weight excluding hydrogens is 188 g/mol. The molecule has 0 saturated carbocycles. The van der Waals surface area contributed by atoms with Crippen molar-refractivity contribution in [2.24, 2.45) is 11.1 Å². The Morgan fingerprint density at radius 2 is 2.07 bits per heavy atom. The Hall–Kier alpha value is -0.120. The fourth-order valence-electron chi connectivity index (χ4n) is 1.98. The van der Waals surface area contributed by atoms with Crippen LogP contribution in [0.15, 0.2) is 0 Å². The lowest BCUT2D eigenvalue weighted by atomic mass is 9.85. The molecule has 3 heteroatoms. The molecule has 2 unspecified atom stereocenters. The van der Waals surface area contributed by atoms with Gasteiger partial charge in [0.05, 0.1) is 5.60 Å². The number of β-amino-alcohol motifs (C(OH)–C–C–N with tert-alkyl or cyclic N) is 1. The van der Waals surface area contributed by atoms with Crippen LogP contribution >= 0.6 is 0 Å². The van der Waals surface area contributed by atoms with Crippen LogP contribution in [0.3, 0.4) is 0 Å². The van der Waals surface area contributed by atoms with Crippen LogP contribution in [-0.2, 0) is 0 Å². The van der Waals surface area contributed by atoms with Gasteiger partial charge in [-0.25, -0.2) is 0 Å². The zero-order valence-corrected chi connectivity index (χ0v) is 10.6. The summed E-state index contributed by atoms with van der Waals surface area (Å²) in [4.78, 5) is 2.31. The molecule has 1 heterocycles. The van der Waals surface area contributed by atoms with E-state index >= 15 is 0 Å². The predicted octanol–water partition coefficient (Wildman–Crippen LogP) is 1.21. The highest BCUT2D eigenvalue weighted by Crippen LogP contribution is 2.23. The number of aliphatic hydroxyl groups is 1. The first-order chi connectivity index (χ1) is 6.71. The predicted molar refractivity (Wildman–Crippen MR) is 63.7 cm³/mol. The number of hydrogen-bond donors (Lipinski definition) is 2. The lowest BCUT2D eigenvalue weighted by Gasteiger charge is -2.29.